The van der Waals surface area contributed by atoms with E-state index in [1.807, 2.05) is 0 Å². The van der Waals surface area contributed by atoms with Crippen molar-refractivity contribution in [3.63, 3.8) is 0 Å². The summed E-state index contributed by atoms with van der Waals surface area (Å²) in [5.74, 6) is -3.44. The normalized spacial score (nSPS) is 13.4. The first-order chi connectivity index (χ1) is 6.82. The molecule has 1 amide bonds. The molecule has 0 aliphatic carbocycles. The Bertz CT molecular complexity index is 308. The van der Waals surface area contributed by atoms with Crippen LogP contribution < -0.4 is 5.32 Å². The van der Waals surface area contributed by atoms with Gasteiger partial charge in [0.25, 0.3) is 0 Å². The lowest BCUT2D eigenvalue weighted by molar-refractivity contribution is -0.178. The highest BCUT2D eigenvalue weighted by atomic mass is 19.4. The molecule has 0 saturated heterocycles. The summed E-state index contributed by atoms with van der Waals surface area (Å²) in [7, 11) is 0. The lowest BCUT2D eigenvalue weighted by Gasteiger charge is -2.38. The number of hydrogen-bond donors (Lipinski definition) is 2. The Balaban J connectivity index is 4.97. The highest BCUT2D eigenvalue weighted by molar-refractivity contribution is 5.84. The topological polar surface area (TPSA) is 66.4 Å². The van der Waals surface area contributed by atoms with Gasteiger partial charge in [0.2, 0.25) is 0 Å². The molecule has 0 saturated carbocycles. The Labute approximate surface area is 90.8 Å². The van der Waals surface area contributed by atoms with E-state index in [0.717, 1.165) is 0 Å². The minimum atomic E-state index is -5.02. The Morgan fingerprint density at radius 3 is 1.69 bits per heavy atom. The van der Waals surface area contributed by atoms with Gasteiger partial charge in [0.05, 0.1) is 11.0 Å². The monoisotopic (exact) mass is 241 g/mol. The molecule has 16 heavy (non-hydrogen) atoms. The second kappa shape index (κ2) is 3.95. The largest absolute Gasteiger partial charge is 0.481 e. The van der Waals surface area contributed by atoms with Crippen LogP contribution in [0.5, 0.6) is 0 Å². The number of aliphatic carboxylic acids is 1. The maximum atomic E-state index is 12.0. The van der Waals surface area contributed by atoms with Crippen LogP contribution in [-0.2, 0) is 9.59 Å². The zero-order chi connectivity index (χ0) is 13.4. The Morgan fingerprint density at radius 1 is 1.06 bits per heavy atom. The van der Waals surface area contributed by atoms with Crippen molar-refractivity contribution >= 4 is 11.9 Å². The summed E-state index contributed by atoms with van der Waals surface area (Å²) >= 11 is 0. The van der Waals surface area contributed by atoms with Gasteiger partial charge in [-0.2, -0.15) is 13.2 Å². The second-order valence-electron chi connectivity index (χ2n) is 4.51. The molecule has 0 radical (unpaired) electrons. The Kier molecular flexibility index (Phi) is 3.64. The van der Waals surface area contributed by atoms with Crippen LogP contribution in [0, 0.1) is 5.41 Å². The quantitative estimate of drug-likeness (QED) is 0.787. The summed E-state index contributed by atoms with van der Waals surface area (Å²) in [6, 6.07) is 0. The number of carbonyl (C=O) groups excluding carboxylic acids is 1. The van der Waals surface area contributed by atoms with Crippen LogP contribution in [-0.4, -0.2) is 28.7 Å². The van der Waals surface area contributed by atoms with Gasteiger partial charge in [-0.3, -0.25) is 9.59 Å². The third-order valence-electron chi connectivity index (χ3n) is 2.78. The molecule has 0 aliphatic rings. The van der Waals surface area contributed by atoms with E-state index >= 15 is 0 Å². The zero-order valence-corrected chi connectivity index (χ0v) is 9.40. The number of nitrogens with one attached hydrogen (secondary N) is 1. The van der Waals surface area contributed by atoms with Crippen molar-refractivity contribution in [2.24, 2.45) is 5.41 Å². The van der Waals surface area contributed by atoms with E-state index < -0.39 is 29.0 Å². The minimum absolute atomic E-state index is 1.23. The molecule has 0 aromatic carbocycles. The summed E-state index contributed by atoms with van der Waals surface area (Å²) in [6.07, 6.45) is -5.02. The first-order valence-electron chi connectivity index (χ1n) is 4.45. The third-order valence-corrected chi connectivity index (χ3v) is 2.78. The summed E-state index contributed by atoms with van der Waals surface area (Å²) < 4.78 is 36.0. The van der Waals surface area contributed by atoms with Crippen molar-refractivity contribution in [1.82, 2.24) is 5.32 Å². The second-order valence-corrected chi connectivity index (χ2v) is 4.51. The van der Waals surface area contributed by atoms with Gasteiger partial charge in [0.15, 0.2) is 0 Å². The predicted molar refractivity (Wildman–Crippen MR) is 49.7 cm³/mol. The lowest BCUT2D eigenvalue weighted by Crippen LogP contribution is -2.59. The Morgan fingerprint density at radius 2 is 1.44 bits per heavy atom. The molecule has 0 bridgehead atoms. The van der Waals surface area contributed by atoms with E-state index in [1.165, 1.54) is 27.7 Å². The van der Waals surface area contributed by atoms with E-state index in [2.05, 4.69) is 0 Å². The maximum absolute atomic E-state index is 12.0. The van der Waals surface area contributed by atoms with E-state index in [0.29, 0.717) is 0 Å². The maximum Gasteiger partial charge on any atom is 0.471 e. The van der Waals surface area contributed by atoms with Gasteiger partial charge in [0.1, 0.15) is 0 Å². The Hall–Kier alpha value is -1.27. The highest BCUT2D eigenvalue weighted by Gasteiger charge is 2.49. The van der Waals surface area contributed by atoms with Crippen molar-refractivity contribution < 1.29 is 27.9 Å². The molecule has 94 valence electrons. The zero-order valence-electron chi connectivity index (χ0n) is 9.40. The van der Waals surface area contributed by atoms with E-state index in [4.69, 9.17) is 5.11 Å². The van der Waals surface area contributed by atoms with Crippen molar-refractivity contribution in [1.29, 1.82) is 0 Å². The fourth-order valence-corrected chi connectivity index (χ4v) is 0.778. The molecule has 0 rings (SSSR count). The van der Waals surface area contributed by atoms with E-state index in [-0.39, 0.29) is 0 Å². The molecule has 0 aromatic heterocycles. The number of hydrogen-bond acceptors (Lipinski definition) is 2. The van der Waals surface area contributed by atoms with Gasteiger partial charge in [-0.05, 0) is 27.7 Å². The molecule has 0 aliphatic heterocycles. The molecule has 0 heterocycles. The molecular weight excluding hydrogens is 227 g/mol. The molecular formula is C9H14F3NO3. The number of carboxylic acids is 1. The summed E-state index contributed by atoms with van der Waals surface area (Å²) in [6.45, 7) is 4.94. The number of carbonyl (C=O) groups is 2. The minimum Gasteiger partial charge on any atom is -0.481 e. The van der Waals surface area contributed by atoms with Gasteiger partial charge in [0, 0.05) is 0 Å². The van der Waals surface area contributed by atoms with Crippen LogP contribution in [0.15, 0.2) is 0 Å². The van der Waals surface area contributed by atoms with Crippen LogP contribution in [0.4, 0.5) is 13.2 Å². The smallest absolute Gasteiger partial charge is 0.471 e. The molecule has 0 spiro atoms. The van der Waals surface area contributed by atoms with Crippen LogP contribution in [0.1, 0.15) is 27.7 Å². The standard InChI is InChI=1S/C9H14F3NO3/c1-7(2,6(15)16)8(3,4)13-5(14)9(10,11)12/h1-4H3,(H,13,14)(H,15,16). The summed E-state index contributed by atoms with van der Waals surface area (Å²) in [5.41, 5.74) is -3.04. The lowest BCUT2D eigenvalue weighted by atomic mass is 9.74. The van der Waals surface area contributed by atoms with Crippen LogP contribution in [0.2, 0.25) is 0 Å². The molecule has 2 N–H and O–H groups in total. The van der Waals surface area contributed by atoms with Crippen LogP contribution >= 0.6 is 0 Å². The van der Waals surface area contributed by atoms with Gasteiger partial charge < -0.3 is 10.4 Å². The first-order valence-corrected chi connectivity index (χ1v) is 4.45. The molecule has 0 atom stereocenters. The fourth-order valence-electron chi connectivity index (χ4n) is 0.778. The number of halogens is 3. The molecule has 4 nitrogen and oxygen atoms in total. The number of carboxylic acid groups (broad SMARTS) is 1. The van der Waals surface area contributed by atoms with E-state index in [1.54, 1.807) is 5.32 Å². The molecule has 0 aromatic rings. The average molecular weight is 241 g/mol. The van der Waals surface area contributed by atoms with Crippen molar-refractivity contribution in [3.05, 3.63) is 0 Å². The van der Waals surface area contributed by atoms with Crippen molar-refractivity contribution in [2.75, 3.05) is 0 Å². The highest BCUT2D eigenvalue weighted by Crippen LogP contribution is 2.31. The number of rotatable bonds is 3. The fraction of sp³-hybridized carbons (Fsp3) is 0.778. The molecule has 0 fully saturated rings. The van der Waals surface area contributed by atoms with Crippen molar-refractivity contribution in [3.8, 4) is 0 Å². The van der Waals surface area contributed by atoms with Crippen LogP contribution in [0.3, 0.4) is 0 Å². The third kappa shape index (κ3) is 2.86. The summed E-state index contributed by atoms with van der Waals surface area (Å²) in [4.78, 5) is 21.6. The van der Waals surface area contributed by atoms with Gasteiger partial charge in [-0.15, -0.1) is 0 Å². The van der Waals surface area contributed by atoms with Gasteiger partial charge in [-0.1, -0.05) is 0 Å². The molecule has 0 unspecified atom stereocenters. The van der Waals surface area contributed by atoms with Gasteiger partial charge >= 0.3 is 18.1 Å². The average Bonchev–Trinajstić information content (AvgIpc) is 2.00. The first kappa shape index (κ1) is 14.7. The SMILES string of the molecule is CC(C)(NC(=O)C(F)(F)F)C(C)(C)C(=O)O. The van der Waals surface area contributed by atoms with Crippen LogP contribution in [0.25, 0.3) is 0 Å². The number of amides is 1. The molecule has 7 heteroatoms. The van der Waals surface area contributed by atoms with Gasteiger partial charge in [-0.25, -0.2) is 0 Å². The van der Waals surface area contributed by atoms with Crippen molar-refractivity contribution in [2.45, 2.75) is 39.4 Å². The summed E-state index contributed by atoms with van der Waals surface area (Å²) in [5, 5.41) is 10.5. The predicted octanol–water partition coefficient (Wildman–Crippen LogP) is 1.55. The van der Waals surface area contributed by atoms with E-state index in [9.17, 15) is 22.8 Å². The number of alkyl halides is 3.